The Hall–Kier alpha value is -2.20. The number of carbonyl (C=O) groups excluding carboxylic acids is 1. The minimum Gasteiger partial charge on any atom is -0.346 e. The van der Waals surface area contributed by atoms with Gasteiger partial charge in [-0.05, 0) is 24.6 Å². The molecule has 1 heterocycles. The van der Waals surface area contributed by atoms with E-state index in [4.69, 9.17) is 5.73 Å². The van der Waals surface area contributed by atoms with E-state index in [1.165, 1.54) is 0 Å². The van der Waals surface area contributed by atoms with Crippen molar-refractivity contribution in [2.24, 2.45) is 5.73 Å². The van der Waals surface area contributed by atoms with Crippen LogP contribution < -0.4 is 11.1 Å². The van der Waals surface area contributed by atoms with Gasteiger partial charge in [0, 0.05) is 18.3 Å². The minimum absolute atomic E-state index is 0.0387. The largest absolute Gasteiger partial charge is 0.346 e. The molecule has 19 heavy (non-hydrogen) atoms. The third kappa shape index (κ3) is 3.39. The Kier molecular flexibility index (Phi) is 4.26. The minimum atomic E-state index is -0.117. The SMILES string of the molecule is CC(NC(=O)c1ccnc(CN)c1)c1ccccc1. The van der Waals surface area contributed by atoms with Gasteiger partial charge in [0.25, 0.3) is 5.91 Å². The summed E-state index contributed by atoms with van der Waals surface area (Å²) in [7, 11) is 0. The summed E-state index contributed by atoms with van der Waals surface area (Å²) in [5.74, 6) is -0.117. The molecule has 2 aromatic rings. The molecule has 4 heteroatoms. The summed E-state index contributed by atoms with van der Waals surface area (Å²) in [6.07, 6.45) is 1.60. The van der Waals surface area contributed by atoms with Crippen molar-refractivity contribution in [2.45, 2.75) is 19.5 Å². The van der Waals surface area contributed by atoms with Gasteiger partial charge in [0.15, 0.2) is 0 Å². The van der Waals surface area contributed by atoms with Gasteiger partial charge in [-0.3, -0.25) is 9.78 Å². The van der Waals surface area contributed by atoms with E-state index in [0.717, 1.165) is 5.56 Å². The fourth-order valence-electron chi connectivity index (χ4n) is 1.84. The molecule has 1 aromatic heterocycles. The zero-order chi connectivity index (χ0) is 13.7. The first-order valence-electron chi connectivity index (χ1n) is 6.21. The lowest BCUT2D eigenvalue weighted by molar-refractivity contribution is 0.0939. The van der Waals surface area contributed by atoms with Gasteiger partial charge in [0.2, 0.25) is 0 Å². The number of pyridine rings is 1. The van der Waals surface area contributed by atoms with Crippen LogP contribution in [0.15, 0.2) is 48.7 Å². The molecule has 1 unspecified atom stereocenters. The topological polar surface area (TPSA) is 68.0 Å². The van der Waals surface area contributed by atoms with Gasteiger partial charge in [0.05, 0.1) is 11.7 Å². The van der Waals surface area contributed by atoms with Crippen molar-refractivity contribution in [3.63, 3.8) is 0 Å². The van der Waals surface area contributed by atoms with Gasteiger partial charge in [-0.2, -0.15) is 0 Å². The Morgan fingerprint density at radius 1 is 1.32 bits per heavy atom. The van der Waals surface area contributed by atoms with Crippen LogP contribution in [0.25, 0.3) is 0 Å². The third-order valence-electron chi connectivity index (χ3n) is 2.94. The molecule has 1 atom stereocenters. The van der Waals surface area contributed by atoms with E-state index in [9.17, 15) is 4.79 Å². The van der Waals surface area contributed by atoms with Crippen molar-refractivity contribution in [2.75, 3.05) is 0 Å². The number of benzene rings is 1. The third-order valence-corrected chi connectivity index (χ3v) is 2.94. The van der Waals surface area contributed by atoms with Crippen LogP contribution >= 0.6 is 0 Å². The van der Waals surface area contributed by atoms with E-state index >= 15 is 0 Å². The Morgan fingerprint density at radius 3 is 2.74 bits per heavy atom. The van der Waals surface area contributed by atoms with Crippen LogP contribution in [0.4, 0.5) is 0 Å². The second kappa shape index (κ2) is 6.11. The monoisotopic (exact) mass is 255 g/mol. The van der Waals surface area contributed by atoms with Crippen molar-refractivity contribution >= 4 is 5.91 Å². The Bertz CT molecular complexity index is 554. The number of carbonyl (C=O) groups is 1. The fraction of sp³-hybridized carbons (Fsp3) is 0.200. The molecular weight excluding hydrogens is 238 g/mol. The number of nitrogens with two attached hydrogens (primary N) is 1. The van der Waals surface area contributed by atoms with E-state index < -0.39 is 0 Å². The van der Waals surface area contributed by atoms with Crippen molar-refractivity contribution in [3.8, 4) is 0 Å². The second-order valence-electron chi connectivity index (χ2n) is 4.35. The maximum atomic E-state index is 12.1. The summed E-state index contributed by atoms with van der Waals surface area (Å²) in [4.78, 5) is 16.2. The summed E-state index contributed by atoms with van der Waals surface area (Å²) in [6.45, 7) is 2.29. The number of amides is 1. The van der Waals surface area contributed by atoms with Crippen LogP contribution in [0, 0.1) is 0 Å². The number of nitrogens with one attached hydrogen (secondary N) is 1. The molecule has 4 nitrogen and oxygen atoms in total. The molecule has 1 aromatic carbocycles. The molecule has 2 rings (SSSR count). The van der Waals surface area contributed by atoms with Gasteiger partial charge in [-0.15, -0.1) is 0 Å². The molecule has 0 bridgehead atoms. The molecule has 98 valence electrons. The van der Waals surface area contributed by atoms with Crippen LogP contribution in [0.2, 0.25) is 0 Å². The quantitative estimate of drug-likeness (QED) is 0.878. The van der Waals surface area contributed by atoms with Crippen LogP contribution in [-0.4, -0.2) is 10.9 Å². The molecule has 3 N–H and O–H groups in total. The van der Waals surface area contributed by atoms with Gasteiger partial charge in [-0.1, -0.05) is 30.3 Å². The molecule has 0 aliphatic heterocycles. The first-order chi connectivity index (χ1) is 9.20. The normalized spacial score (nSPS) is 11.9. The highest BCUT2D eigenvalue weighted by Crippen LogP contribution is 2.12. The molecule has 0 spiro atoms. The fourth-order valence-corrected chi connectivity index (χ4v) is 1.84. The number of rotatable bonds is 4. The molecule has 0 radical (unpaired) electrons. The predicted octanol–water partition coefficient (Wildman–Crippen LogP) is 2.03. The average molecular weight is 255 g/mol. The standard InChI is InChI=1S/C15H17N3O/c1-11(12-5-3-2-4-6-12)18-15(19)13-7-8-17-14(9-13)10-16/h2-9,11H,10,16H2,1H3,(H,18,19). The van der Waals surface area contributed by atoms with Crippen molar-refractivity contribution in [3.05, 3.63) is 65.5 Å². The summed E-state index contributed by atoms with van der Waals surface area (Å²) >= 11 is 0. The highest BCUT2D eigenvalue weighted by atomic mass is 16.1. The Labute approximate surface area is 112 Å². The zero-order valence-electron chi connectivity index (χ0n) is 10.8. The maximum Gasteiger partial charge on any atom is 0.251 e. The van der Waals surface area contributed by atoms with E-state index in [2.05, 4.69) is 10.3 Å². The first-order valence-corrected chi connectivity index (χ1v) is 6.21. The predicted molar refractivity (Wildman–Crippen MR) is 74.5 cm³/mol. The Morgan fingerprint density at radius 2 is 2.05 bits per heavy atom. The zero-order valence-corrected chi connectivity index (χ0v) is 10.8. The smallest absolute Gasteiger partial charge is 0.251 e. The highest BCUT2D eigenvalue weighted by Gasteiger charge is 2.11. The lowest BCUT2D eigenvalue weighted by Gasteiger charge is -2.14. The second-order valence-corrected chi connectivity index (χ2v) is 4.35. The lowest BCUT2D eigenvalue weighted by Crippen LogP contribution is -2.26. The average Bonchev–Trinajstić information content (AvgIpc) is 2.48. The van der Waals surface area contributed by atoms with Crippen molar-refractivity contribution in [1.29, 1.82) is 0 Å². The molecule has 0 aliphatic rings. The molecule has 0 saturated heterocycles. The molecule has 1 amide bonds. The summed E-state index contributed by atoms with van der Waals surface area (Å²) < 4.78 is 0. The number of hydrogen-bond donors (Lipinski definition) is 2. The van der Waals surface area contributed by atoms with Crippen LogP contribution in [-0.2, 0) is 6.54 Å². The molecule has 0 saturated carbocycles. The van der Waals surface area contributed by atoms with E-state index in [0.29, 0.717) is 17.8 Å². The summed E-state index contributed by atoms with van der Waals surface area (Å²) in [6, 6.07) is 13.2. The number of nitrogens with zero attached hydrogens (tertiary/aromatic N) is 1. The Balaban J connectivity index is 2.08. The molecular formula is C15H17N3O. The van der Waals surface area contributed by atoms with E-state index in [1.807, 2.05) is 37.3 Å². The van der Waals surface area contributed by atoms with Crippen molar-refractivity contribution < 1.29 is 4.79 Å². The first kappa shape index (κ1) is 13.2. The van der Waals surface area contributed by atoms with Gasteiger partial charge in [-0.25, -0.2) is 0 Å². The number of hydrogen-bond acceptors (Lipinski definition) is 3. The van der Waals surface area contributed by atoms with Gasteiger partial charge >= 0.3 is 0 Å². The van der Waals surface area contributed by atoms with Gasteiger partial charge in [0.1, 0.15) is 0 Å². The molecule has 0 fully saturated rings. The van der Waals surface area contributed by atoms with E-state index in [-0.39, 0.29) is 11.9 Å². The maximum absolute atomic E-state index is 12.1. The number of aromatic nitrogens is 1. The van der Waals surface area contributed by atoms with Crippen LogP contribution in [0.3, 0.4) is 0 Å². The van der Waals surface area contributed by atoms with E-state index in [1.54, 1.807) is 18.3 Å². The van der Waals surface area contributed by atoms with Crippen LogP contribution in [0.5, 0.6) is 0 Å². The lowest BCUT2D eigenvalue weighted by atomic mass is 10.1. The molecule has 0 aliphatic carbocycles. The summed E-state index contributed by atoms with van der Waals surface area (Å²) in [5.41, 5.74) is 7.88. The highest BCUT2D eigenvalue weighted by molar-refractivity contribution is 5.94. The van der Waals surface area contributed by atoms with Crippen LogP contribution in [0.1, 0.15) is 34.6 Å². The van der Waals surface area contributed by atoms with Gasteiger partial charge < -0.3 is 11.1 Å². The van der Waals surface area contributed by atoms with Crippen molar-refractivity contribution in [1.82, 2.24) is 10.3 Å². The summed E-state index contributed by atoms with van der Waals surface area (Å²) in [5, 5.41) is 2.96.